The van der Waals surface area contributed by atoms with Gasteiger partial charge in [0.25, 0.3) is 0 Å². The molecule has 2 rings (SSSR count). The molecule has 1 aromatic rings. The van der Waals surface area contributed by atoms with Gasteiger partial charge in [0.05, 0.1) is 19.3 Å². The molecular formula is C17H24N2O4. The molecule has 0 aliphatic carbocycles. The zero-order chi connectivity index (χ0) is 16.5. The number of benzene rings is 1. The van der Waals surface area contributed by atoms with Crippen LogP contribution in [0.4, 0.5) is 0 Å². The van der Waals surface area contributed by atoms with Crippen molar-refractivity contribution in [3.05, 3.63) is 48.2 Å². The van der Waals surface area contributed by atoms with Gasteiger partial charge in [-0.2, -0.15) is 0 Å². The lowest BCUT2D eigenvalue weighted by molar-refractivity contribution is -0.113. The van der Waals surface area contributed by atoms with E-state index in [9.17, 15) is 4.79 Å². The summed E-state index contributed by atoms with van der Waals surface area (Å²) in [6.07, 6.45) is 3.90. The van der Waals surface area contributed by atoms with Crippen LogP contribution in [-0.2, 0) is 20.9 Å². The van der Waals surface area contributed by atoms with Crippen LogP contribution >= 0.6 is 0 Å². The second-order valence-corrected chi connectivity index (χ2v) is 5.59. The number of carbonyl (C=O) groups is 1. The molecule has 0 radical (unpaired) electrons. The predicted molar refractivity (Wildman–Crippen MR) is 86.0 cm³/mol. The van der Waals surface area contributed by atoms with Gasteiger partial charge < -0.3 is 25.6 Å². The number of nitrogens with two attached hydrogens (primary N) is 1. The smallest absolute Gasteiger partial charge is 0.242 e. The van der Waals surface area contributed by atoms with Crippen LogP contribution in [0.1, 0.15) is 18.4 Å². The van der Waals surface area contributed by atoms with Gasteiger partial charge in [0.2, 0.25) is 5.91 Å². The molecule has 1 heterocycles. The lowest BCUT2D eigenvalue weighted by Gasteiger charge is -2.18. The SMILES string of the molecule is NC(=O)/C=C\NC1OC(COCc2ccccc2)CC1CCO. The minimum absolute atomic E-state index is 0.0326. The Morgan fingerprint density at radius 3 is 2.91 bits per heavy atom. The van der Waals surface area contributed by atoms with E-state index < -0.39 is 5.91 Å². The minimum Gasteiger partial charge on any atom is -0.396 e. The number of nitrogens with one attached hydrogen (secondary N) is 1. The number of aliphatic hydroxyl groups excluding tert-OH is 1. The summed E-state index contributed by atoms with van der Waals surface area (Å²) in [6, 6.07) is 9.96. The maximum absolute atomic E-state index is 10.7. The first-order valence-corrected chi connectivity index (χ1v) is 7.79. The largest absolute Gasteiger partial charge is 0.396 e. The Morgan fingerprint density at radius 1 is 1.43 bits per heavy atom. The fourth-order valence-corrected chi connectivity index (χ4v) is 2.66. The van der Waals surface area contributed by atoms with Crippen LogP contribution in [0.5, 0.6) is 0 Å². The van der Waals surface area contributed by atoms with Crippen molar-refractivity contribution in [2.75, 3.05) is 13.2 Å². The fourth-order valence-electron chi connectivity index (χ4n) is 2.66. The van der Waals surface area contributed by atoms with Crippen LogP contribution in [0.15, 0.2) is 42.6 Å². The molecule has 1 aromatic carbocycles. The van der Waals surface area contributed by atoms with E-state index >= 15 is 0 Å². The van der Waals surface area contributed by atoms with Gasteiger partial charge in [0, 0.05) is 24.8 Å². The van der Waals surface area contributed by atoms with E-state index in [1.54, 1.807) is 0 Å². The third-order valence-electron chi connectivity index (χ3n) is 3.76. The third-order valence-corrected chi connectivity index (χ3v) is 3.76. The zero-order valence-electron chi connectivity index (χ0n) is 13.1. The molecule has 1 amide bonds. The van der Waals surface area contributed by atoms with Crippen LogP contribution < -0.4 is 11.1 Å². The predicted octanol–water partition coefficient (Wildman–Crippen LogP) is 0.905. The van der Waals surface area contributed by atoms with Crippen LogP contribution in [0.2, 0.25) is 0 Å². The Hall–Kier alpha value is -1.89. The molecular weight excluding hydrogens is 296 g/mol. The van der Waals surface area contributed by atoms with Crippen molar-refractivity contribution in [2.45, 2.75) is 31.8 Å². The van der Waals surface area contributed by atoms with Crippen molar-refractivity contribution in [2.24, 2.45) is 11.7 Å². The molecule has 6 heteroatoms. The van der Waals surface area contributed by atoms with Crippen molar-refractivity contribution >= 4 is 5.91 Å². The summed E-state index contributed by atoms with van der Waals surface area (Å²) in [5.74, 6) is -0.347. The van der Waals surface area contributed by atoms with E-state index in [1.807, 2.05) is 30.3 Å². The molecule has 4 N–H and O–H groups in total. The van der Waals surface area contributed by atoms with Crippen LogP contribution in [0, 0.1) is 5.92 Å². The quantitative estimate of drug-likeness (QED) is 0.588. The molecule has 23 heavy (non-hydrogen) atoms. The molecule has 126 valence electrons. The second kappa shape index (κ2) is 9.29. The summed E-state index contributed by atoms with van der Waals surface area (Å²) < 4.78 is 11.6. The maximum Gasteiger partial charge on any atom is 0.242 e. The summed E-state index contributed by atoms with van der Waals surface area (Å²) in [4.78, 5) is 10.7. The van der Waals surface area contributed by atoms with Gasteiger partial charge in [-0.25, -0.2) is 0 Å². The van der Waals surface area contributed by atoms with E-state index in [0.717, 1.165) is 12.0 Å². The summed E-state index contributed by atoms with van der Waals surface area (Å²) in [5.41, 5.74) is 6.17. The molecule has 0 bridgehead atoms. The first-order chi connectivity index (χ1) is 11.2. The Morgan fingerprint density at radius 2 is 2.22 bits per heavy atom. The number of amides is 1. The van der Waals surface area contributed by atoms with Crippen molar-refractivity contribution < 1.29 is 19.4 Å². The highest BCUT2D eigenvalue weighted by Crippen LogP contribution is 2.28. The molecule has 1 fully saturated rings. The lowest BCUT2D eigenvalue weighted by Crippen LogP contribution is -2.31. The average molecular weight is 320 g/mol. The normalized spacial score (nSPS) is 24.1. The molecule has 1 saturated heterocycles. The highest BCUT2D eigenvalue weighted by atomic mass is 16.5. The van der Waals surface area contributed by atoms with Gasteiger partial charge in [0.1, 0.15) is 6.23 Å². The van der Waals surface area contributed by atoms with Gasteiger partial charge >= 0.3 is 0 Å². The van der Waals surface area contributed by atoms with Crippen LogP contribution in [-0.4, -0.2) is 36.6 Å². The molecule has 3 atom stereocenters. The summed E-state index contributed by atoms with van der Waals surface area (Å²) in [7, 11) is 0. The molecule has 0 spiro atoms. The third kappa shape index (κ3) is 6.02. The van der Waals surface area contributed by atoms with Crippen LogP contribution in [0.3, 0.4) is 0 Å². The number of primary amides is 1. The second-order valence-electron chi connectivity index (χ2n) is 5.59. The molecule has 0 saturated carbocycles. The van der Waals surface area contributed by atoms with E-state index in [-0.39, 0.29) is 24.9 Å². The van der Waals surface area contributed by atoms with E-state index in [0.29, 0.717) is 19.6 Å². The molecule has 6 nitrogen and oxygen atoms in total. The summed E-state index contributed by atoms with van der Waals surface area (Å²) >= 11 is 0. The number of carbonyl (C=O) groups excluding carboxylic acids is 1. The van der Waals surface area contributed by atoms with E-state index in [1.165, 1.54) is 12.3 Å². The number of ether oxygens (including phenoxy) is 2. The number of rotatable bonds is 9. The summed E-state index contributed by atoms with van der Waals surface area (Å²) in [5, 5.41) is 12.2. The van der Waals surface area contributed by atoms with Crippen LogP contribution in [0.25, 0.3) is 0 Å². The minimum atomic E-state index is -0.517. The highest BCUT2D eigenvalue weighted by Gasteiger charge is 2.34. The van der Waals surface area contributed by atoms with Gasteiger partial charge in [-0.3, -0.25) is 4.79 Å². The Balaban J connectivity index is 1.78. The van der Waals surface area contributed by atoms with Crippen molar-refractivity contribution in [1.29, 1.82) is 0 Å². The molecule has 1 aliphatic rings. The van der Waals surface area contributed by atoms with Gasteiger partial charge in [-0.05, 0) is 18.4 Å². The standard InChI is InChI=1S/C17H24N2O4/c18-16(21)6-8-19-17-14(7-9-20)10-15(23-17)12-22-11-13-4-2-1-3-5-13/h1-6,8,14-15,17,19-20H,7,9-12H2,(H2,18,21)/b8-6-. The topological polar surface area (TPSA) is 93.8 Å². The first kappa shape index (κ1) is 17.5. The molecule has 0 aromatic heterocycles. The van der Waals surface area contributed by atoms with E-state index in [2.05, 4.69) is 5.32 Å². The maximum atomic E-state index is 10.7. The Bertz CT molecular complexity index is 507. The first-order valence-electron chi connectivity index (χ1n) is 7.79. The Labute approximate surface area is 136 Å². The Kier molecular flexibility index (Phi) is 7.06. The molecule has 3 unspecified atom stereocenters. The van der Waals surface area contributed by atoms with Crippen molar-refractivity contribution in [1.82, 2.24) is 5.32 Å². The number of hydrogen-bond donors (Lipinski definition) is 3. The highest BCUT2D eigenvalue weighted by molar-refractivity contribution is 5.85. The molecule has 1 aliphatic heterocycles. The average Bonchev–Trinajstić information content (AvgIpc) is 2.90. The van der Waals surface area contributed by atoms with Gasteiger partial charge in [0.15, 0.2) is 0 Å². The van der Waals surface area contributed by atoms with Crippen molar-refractivity contribution in [3.63, 3.8) is 0 Å². The van der Waals surface area contributed by atoms with E-state index in [4.69, 9.17) is 20.3 Å². The number of aliphatic hydroxyl groups is 1. The zero-order valence-corrected chi connectivity index (χ0v) is 13.1. The monoisotopic (exact) mass is 320 g/mol. The van der Waals surface area contributed by atoms with Crippen molar-refractivity contribution in [3.8, 4) is 0 Å². The number of hydrogen-bond acceptors (Lipinski definition) is 5. The summed E-state index contributed by atoms with van der Waals surface area (Å²) in [6.45, 7) is 1.14. The fraction of sp³-hybridized carbons (Fsp3) is 0.471. The lowest BCUT2D eigenvalue weighted by atomic mass is 10.00. The van der Waals surface area contributed by atoms with Gasteiger partial charge in [-0.15, -0.1) is 0 Å². The van der Waals surface area contributed by atoms with Gasteiger partial charge in [-0.1, -0.05) is 30.3 Å².